The summed E-state index contributed by atoms with van der Waals surface area (Å²) < 4.78 is 10.4. The number of carbonyl (C=O) groups is 1. The molecule has 0 atom stereocenters. The van der Waals surface area contributed by atoms with Gasteiger partial charge in [-0.15, -0.1) is 0 Å². The maximum absolute atomic E-state index is 11.4. The zero-order chi connectivity index (χ0) is 13.4. The van der Waals surface area contributed by atoms with E-state index in [-0.39, 0.29) is 12.5 Å². The Morgan fingerprint density at radius 3 is 2.83 bits per heavy atom. The number of rotatable bonds is 7. The fraction of sp³-hybridized carbons (Fsp3) is 0.462. The van der Waals surface area contributed by atoms with Gasteiger partial charge in [0.25, 0.3) is 5.91 Å². The second-order valence-electron chi connectivity index (χ2n) is 3.90. The SMILES string of the molecule is CCCCNC(=O)COc1ccc(OC)c(N)c1. The van der Waals surface area contributed by atoms with Crippen molar-refractivity contribution in [3.05, 3.63) is 18.2 Å². The fourth-order valence-corrected chi connectivity index (χ4v) is 1.41. The minimum absolute atomic E-state index is 0.00448. The first kappa shape index (κ1) is 14.2. The van der Waals surface area contributed by atoms with Gasteiger partial charge in [0.05, 0.1) is 12.8 Å². The highest BCUT2D eigenvalue weighted by Gasteiger charge is 2.04. The smallest absolute Gasteiger partial charge is 0.257 e. The van der Waals surface area contributed by atoms with Gasteiger partial charge in [0.1, 0.15) is 11.5 Å². The molecule has 0 aliphatic carbocycles. The van der Waals surface area contributed by atoms with Crippen LogP contribution >= 0.6 is 0 Å². The predicted molar refractivity (Wildman–Crippen MR) is 70.8 cm³/mol. The van der Waals surface area contributed by atoms with E-state index in [2.05, 4.69) is 12.2 Å². The van der Waals surface area contributed by atoms with Crippen LogP contribution in [0.3, 0.4) is 0 Å². The number of unbranched alkanes of at least 4 members (excludes halogenated alkanes) is 1. The molecular formula is C13H20N2O3. The molecule has 0 spiro atoms. The molecule has 100 valence electrons. The molecule has 5 nitrogen and oxygen atoms in total. The van der Waals surface area contributed by atoms with E-state index in [4.69, 9.17) is 15.2 Å². The van der Waals surface area contributed by atoms with Crippen LogP contribution < -0.4 is 20.5 Å². The number of nitrogen functional groups attached to an aromatic ring is 1. The van der Waals surface area contributed by atoms with E-state index < -0.39 is 0 Å². The summed E-state index contributed by atoms with van der Waals surface area (Å²) in [5, 5.41) is 2.77. The number of hydrogen-bond donors (Lipinski definition) is 2. The zero-order valence-electron chi connectivity index (χ0n) is 10.9. The van der Waals surface area contributed by atoms with Gasteiger partial charge in [-0.25, -0.2) is 0 Å². The number of methoxy groups -OCH3 is 1. The molecule has 0 aliphatic heterocycles. The molecule has 0 heterocycles. The monoisotopic (exact) mass is 252 g/mol. The first-order valence-corrected chi connectivity index (χ1v) is 6.00. The van der Waals surface area contributed by atoms with Crippen molar-refractivity contribution >= 4 is 11.6 Å². The topological polar surface area (TPSA) is 73.6 Å². The van der Waals surface area contributed by atoms with E-state index in [1.54, 1.807) is 25.3 Å². The van der Waals surface area contributed by atoms with Crippen molar-refractivity contribution in [1.82, 2.24) is 5.32 Å². The summed E-state index contributed by atoms with van der Waals surface area (Å²) in [7, 11) is 1.55. The van der Waals surface area contributed by atoms with Crippen LogP contribution in [0.5, 0.6) is 11.5 Å². The van der Waals surface area contributed by atoms with Crippen molar-refractivity contribution in [3.8, 4) is 11.5 Å². The Bertz CT molecular complexity index is 394. The van der Waals surface area contributed by atoms with Crippen molar-refractivity contribution in [2.45, 2.75) is 19.8 Å². The Morgan fingerprint density at radius 2 is 2.22 bits per heavy atom. The van der Waals surface area contributed by atoms with Gasteiger partial charge in [-0.05, 0) is 18.6 Å². The Hall–Kier alpha value is -1.91. The van der Waals surface area contributed by atoms with E-state index in [0.717, 1.165) is 12.8 Å². The van der Waals surface area contributed by atoms with Gasteiger partial charge in [-0.1, -0.05) is 13.3 Å². The Kier molecular flexibility index (Phi) is 5.84. The number of anilines is 1. The van der Waals surface area contributed by atoms with Gasteiger partial charge in [0.15, 0.2) is 6.61 Å². The second-order valence-corrected chi connectivity index (χ2v) is 3.90. The third-order valence-corrected chi connectivity index (χ3v) is 2.42. The molecule has 1 amide bonds. The number of nitrogens with one attached hydrogen (secondary N) is 1. The molecule has 0 radical (unpaired) electrons. The highest BCUT2D eigenvalue weighted by Crippen LogP contribution is 2.25. The third kappa shape index (κ3) is 4.53. The molecule has 3 N–H and O–H groups in total. The van der Waals surface area contributed by atoms with Gasteiger partial charge < -0.3 is 20.5 Å². The van der Waals surface area contributed by atoms with E-state index >= 15 is 0 Å². The number of hydrogen-bond acceptors (Lipinski definition) is 4. The van der Waals surface area contributed by atoms with Crippen molar-refractivity contribution in [2.75, 3.05) is 26.0 Å². The van der Waals surface area contributed by atoms with Crippen LogP contribution in [0, 0.1) is 0 Å². The number of nitrogens with two attached hydrogens (primary N) is 1. The summed E-state index contributed by atoms with van der Waals surface area (Å²) in [4.78, 5) is 11.4. The van der Waals surface area contributed by atoms with E-state index in [0.29, 0.717) is 23.7 Å². The molecular weight excluding hydrogens is 232 g/mol. The first-order chi connectivity index (χ1) is 8.67. The first-order valence-electron chi connectivity index (χ1n) is 6.00. The van der Waals surface area contributed by atoms with Crippen LogP contribution in [0.25, 0.3) is 0 Å². The lowest BCUT2D eigenvalue weighted by Gasteiger charge is -2.09. The molecule has 0 fully saturated rings. The summed E-state index contributed by atoms with van der Waals surface area (Å²) >= 11 is 0. The maximum Gasteiger partial charge on any atom is 0.257 e. The third-order valence-electron chi connectivity index (χ3n) is 2.42. The highest BCUT2D eigenvalue weighted by atomic mass is 16.5. The number of amides is 1. The van der Waals surface area contributed by atoms with Gasteiger partial charge in [0, 0.05) is 12.6 Å². The van der Waals surface area contributed by atoms with Crippen LogP contribution in [0.15, 0.2) is 18.2 Å². The molecule has 0 unspecified atom stereocenters. The lowest BCUT2D eigenvalue weighted by atomic mass is 10.3. The highest BCUT2D eigenvalue weighted by molar-refractivity contribution is 5.77. The average molecular weight is 252 g/mol. The van der Waals surface area contributed by atoms with Crippen molar-refractivity contribution < 1.29 is 14.3 Å². The standard InChI is InChI=1S/C13H20N2O3/c1-3-4-7-15-13(16)9-18-10-5-6-12(17-2)11(14)8-10/h5-6,8H,3-4,7,9,14H2,1-2H3,(H,15,16). The largest absolute Gasteiger partial charge is 0.495 e. The summed E-state index contributed by atoms with van der Waals surface area (Å²) in [6.07, 6.45) is 2.03. The summed E-state index contributed by atoms with van der Waals surface area (Å²) in [6, 6.07) is 5.06. The molecule has 1 rings (SSSR count). The maximum atomic E-state index is 11.4. The second kappa shape index (κ2) is 7.42. The van der Waals surface area contributed by atoms with Crippen LogP contribution in [-0.4, -0.2) is 26.2 Å². The Labute approximate surface area is 107 Å². The van der Waals surface area contributed by atoms with Crippen LogP contribution in [0.2, 0.25) is 0 Å². The summed E-state index contributed by atoms with van der Waals surface area (Å²) in [5.74, 6) is 1.02. The normalized spacial score (nSPS) is 9.89. The molecule has 0 bridgehead atoms. The lowest BCUT2D eigenvalue weighted by Crippen LogP contribution is -2.29. The molecule has 1 aromatic rings. The van der Waals surface area contributed by atoms with Crippen molar-refractivity contribution in [3.63, 3.8) is 0 Å². The van der Waals surface area contributed by atoms with Crippen LogP contribution in [0.4, 0.5) is 5.69 Å². The molecule has 18 heavy (non-hydrogen) atoms. The Balaban J connectivity index is 2.39. The summed E-state index contributed by atoms with van der Waals surface area (Å²) in [5.41, 5.74) is 6.22. The number of benzene rings is 1. The molecule has 0 aromatic heterocycles. The van der Waals surface area contributed by atoms with Gasteiger partial charge >= 0.3 is 0 Å². The lowest BCUT2D eigenvalue weighted by molar-refractivity contribution is -0.123. The average Bonchev–Trinajstić information content (AvgIpc) is 2.37. The number of ether oxygens (including phenoxy) is 2. The summed E-state index contributed by atoms with van der Waals surface area (Å²) in [6.45, 7) is 2.75. The minimum atomic E-state index is -0.127. The quantitative estimate of drug-likeness (QED) is 0.570. The van der Waals surface area contributed by atoms with Crippen LogP contribution in [0.1, 0.15) is 19.8 Å². The van der Waals surface area contributed by atoms with Gasteiger partial charge in [-0.3, -0.25) is 4.79 Å². The molecule has 5 heteroatoms. The Morgan fingerprint density at radius 1 is 1.44 bits per heavy atom. The molecule has 0 saturated heterocycles. The molecule has 1 aromatic carbocycles. The van der Waals surface area contributed by atoms with E-state index in [1.165, 1.54) is 0 Å². The van der Waals surface area contributed by atoms with Gasteiger partial charge in [0.2, 0.25) is 0 Å². The fourth-order valence-electron chi connectivity index (χ4n) is 1.41. The van der Waals surface area contributed by atoms with Crippen molar-refractivity contribution in [1.29, 1.82) is 0 Å². The molecule has 0 aliphatic rings. The van der Waals surface area contributed by atoms with E-state index in [9.17, 15) is 4.79 Å². The van der Waals surface area contributed by atoms with E-state index in [1.807, 2.05) is 0 Å². The minimum Gasteiger partial charge on any atom is -0.495 e. The molecule has 0 saturated carbocycles. The predicted octanol–water partition coefficient (Wildman–Crippen LogP) is 1.57. The van der Waals surface area contributed by atoms with Crippen LogP contribution in [-0.2, 0) is 4.79 Å². The number of carbonyl (C=O) groups excluding carboxylic acids is 1. The van der Waals surface area contributed by atoms with Gasteiger partial charge in [-0.2, -0.15) is 0 Å². The zero-order valence-corrected chi connectivity index (χ0v) is 10.9. The van der Waals surface area contributed by atoms with Crippen molar-refractivity contribution in [2.24, 2.45) is 0 Å².